The monoisotopic (exact) mass is 246 g/mol. The first-order valence-electron chi connectivity index (χ1n) is 7.02. The van der Waals surface area contributed by atoms with E-state index >= 15 is 0 Å². The third-order valence-electron chi connectivity index (χ3n) is 4.64. The summed E-state index contributed by atoms with van der Waals surface area (Å²) in [7, 11) is 0. The Morgan fingerprint density at radius 3 is 2.56 bits per heavy atom. The number of pyridine rings is 1. The summed E-state index contributed by atoms with van der Waals surface area (Å²) in [6.45, 7) is 6.47. The molecule has 3 rings (SSSR count). The van der Waals surface area contributed by atoms with E-state index in [9.17, 15) is 5.11 Å². The second-order valence-electron chi connectivity index (χ2n) is 5.90. The lowest BCUT2D eigenvalue weighted by atomic mass is 10.0. The molecular weight excluding hydrogens is 224 g/mol. The number of aromatic nitrogens is 1. The van der Waals surface area contributed by atoms with Gasteiger partial charge in [0.2, 0.25) is 0 Å². The van der Waals surface area contributed by atoms with E-state index in [-0.39, 0.29) is 6.61 Å². The molecule has 1 aromatic heterocycles. The molecule has 1 aromatic rings. The Bertz CT molecular complexity index is 446. The number of rotatable bonds is 2. The summed E-state index contributed by atoms with van der Waals surface area (Å²) < 4.78 is 0. The molecule has 3 nitrogen and oxygen atoms in total. The minimum Gasteiger partial charge on any atom is -0.392 e. The highest BCUT2D eigenvalue weighted by molar-refractivity contribution is 5.52. The van der Waals surface area contributed by atoms with E-state index in [2.05, 4.69) is 22.9 Å². The molecule has 0 spiro atoms. The molecule has 1 aliphatic carbocycles. The zero-order valence-electron chi connectivity index (χ0n) is 11.3. The van der Waals surface area contributed by atoms with Crippen molar-refractivity contribution >= 4 is 5.82 Å². The number of hydrogen-bond donors (Lipinski definition) is 1. The van der Waals surface area contributed by atoms with Gasteiger partial charge in [0, 0.05) is 24.3 Å². The fourth-order valence-electron chi connectivity index (χ4n) is 3.71. The quantitative estimate of drug-likeness (QED) is 0.870. The van der Waals surface area contributed by atoms with Crippen LogP contribution >= 0.6 is 0 Å². The van der Waals surface area contributed by atoms with Gasteiger partial charge in [-0.15, -0.1) is 0 Å². The summed E-state index contributed by atoms with van der Waals surface area (Å²) >= 11 is 0. The van der Waals surface area contributed by atoms with Crippen molar-refractivity contribution in [2.24, 2.45) is 11.8 Å². The molecule has 18 heavy (non-hydrogen) atoms. The van der Waals surface area contributed by atoms with Gasteiger partial charge in [-0.2, -0.15) is 0 Å². The number of hydrogen-bond acceptors (Lipinski definition) is 3. The van der Waals surface area contributed by atoms with E-state index < -0.39 is 0 Å². The number of nitrogens with zero attached hydrogens (tertiary/aromatic N) is 2. The number of aliphatic hydroxyl groups excluding tert-OH is 1. The van der Waals surface area contributed by atoms with Crippen molar-refractivity contribution in [3.05, 3.63) is 22.9 Å². The van der Waals surface area contributed by atoms with E-state index in [1.165, 1.54) is 19.3 Å². The highest BCUT2D eigenvalue weighted by Crippen LogP contribution is 2.40. The minimum absolute atomic E-state index is 0.0975. The van der Waals surface area contributed by atoms with Crippen LogP contribution < -0.4 is 4.90 Å². The standard InChI is InChI=1S/C15H22N2O/c1-10-6-11(2)16-15(14(10)9-18)17-7-12-4-3-5-13(12)8-17/h6,12-13,18H,3-5,7-9H2,1-2H3. The Morgan fingerprint density at radius 1 is 1.28 bits per heavy atom. The lowest BCUT2D eigenvalue weighted by molar-refractivity contribution is 0.281. The SMILES string of the molecule is Cc1cc(C)c(CO)c(N2CC3CCCC3C2)n1. The summed E-state index contributed by atoms with van der Waals surface area (Å²) in [6.07, 6.45) is 4.15. The van der Waals surface area contributed by atoms with Gasteiger partial charge < -0.3 is 10.0 Å². The van der Waals surface area contributed by atoms with E-state index in [1.807, 2.05) is 6.92 Å². The predicted molar refractivity (Wildman–Crippen MR) is 72.7 cm³/mol. The van der Waals surface area contributed by atoms with Crippen LogP contribution in [0.3, 0.4) is 0 Å². The van der Waals surface area contributed by atoms with E-state index in [0.717, 1.165) is 47.6 Å². The van der Waals surface area contributed by atoms with Crippen molar-refractivity contribution in [2.75, 3.05) is 18.0 Å². The van der Waals surface area contributed by atoms with Crippen molar-refractivity contribution in [1.82, 2.24) is 4.98 Å². The average Bonchev–Trinajstić information content (AvgIpc) is 2.87. The maximum atomic E-state index is 9.59. The molecule has 2 unspecified atom stereocenters. The largest absolute Gasteiger partial charge is 0.392 e. The fraction of sp³-hybridized carbons (Fsp3) is 0.667. The molecule has 0 bridgehead atoms. The van der Waals surface area contributed by atoms with Gasteiger partial charge in [0.1, 0.15) is 5.82 Å². The number of fused-ring (bicyclic) bond motifs is 1. The van der Waals surface area contributed by atoms with Gasteiger partial charge >= 0.3 is 0 Å². The molecule has 0 radical (unpaired) electrons. The zero-order valence-corrected chi connectivity index (χ0v) is 11.3. The highest BCUT2D eigenvalue weighted by Gasteiger charge is 2.37. The van der Waals surface area contributed by atoms with Crippen LogP contribution in [-0.2, 0) is 6.61 Å². The molecule has 2 aliphatic rings. The molecule has 1 saturated carbocycles. The first-order chi connectivity index (χ1) is 8.69. The molecule has 2 heterocycles. The second-order valence-corrected chi connectivity index (χ2v) is 5.90. The van der Waals surface area contributed by atoms with Gasteiger partial charge in [0.25, 0.3) is 0 Å². The molecule has 3 heteroatoms. The van der Waals surface area contributed by atoms with Crippen molar-refractivity contribution in [3.63, 3.8) is 0 Å². The third-order valence-corrected chi connectivity index (χ3v) is 4.64. The summed E-state index contributed by atoms with van der Waals surface area (Å²) in [5.74, 6) is 2.75. The van der Waals surface area contributed by atoms with Gasteiger partial charge in [-0.25, -0.2) is 4.98 Å². The van der Waals surface area contributed by atoms with Crippen LogP contribution in [0.5, 0.6) is 0 Å². The smallest absolute Gasteiger partial charge is 0.134 e. The van der Waals surface area contributed by atoms with E-state index in [0.29, 0.717) is 0 Å². The van der Waals surface area contributed by atoms with Gasteiger partial charge in [-0.3, -0.25) is 0 Å². The average molecular weight is 246 g/mol. The zero-order chi connectivity index (χ0) is 12.7. The molecule has 98 valence electrons. The van der Waals surface area contributed by atoms with Crippen LogP contribution in [0.2, 0.25) is 0 Å². The minimum atomic E-state index is 0.0975. The van der Waals surface area contributed by atoms with Crippen molar-refractivity contribution in [1.29, 1.82) is 0 Å². The van der Waals surface area contributed by atoms with Crippen LogP contribution in [0, 0.1) is 25.7 Å². The summed E-state index contributed by atoms with van der Waals surface area (Å²) in [6, 6.07) is 2.06. The summed E-state index contributed by atoms with van der Waals surface area (Å²) in [5, 5.41) is 9.59. The van der Waals surface area contributed by atoms with Crippen LogP contribution in [0.1, 0.15) is 36.1 Å². The second kappa shape index (κ2) is 4.54. The number of aryl methyl sites for hydroxylation is 2. The number of anilines is 1. The Balaban J connectivity index is 1.92. The molecular formula is C15H22N2O. The van der Waals surface area contributed by atoms with Crippen LogP contribution in [0.25, 0.3) is 0 Å². The van der Waals surface area contributed by atoms with Gasteiger partial charge in [0.15, 0.2) is 0 Å². The first kappa shape index (κ1) is 12.0. The van der Waals surface area contributed by atoms with Crippen molar-refractivity contribution in [3.8, 4) is 0 Å². The maximum absolute atomic E-state index is 9.59. The molecule has 0 aromatic carbocycles. The maximum Gasteiger partial charge on any atom is 0.134 e. The molecule has 1 N–H and O–H groups in total. The lowest BCUT2D eigenvalue weighted by Crippen LogP contribution is -2.24. The fourth-order valence-corrected chi connectivity index (χ4v) is 3.71. The Hall–Kier alpha value is -1.09. The third kappa shape index (κ3) is 1.91. The Labute approximate surface area is 109 Å². The summed E-state index contributed by atoms with van der Waals surface area (Å²) in [4.78, 5) is 7.08. The Kier molecular flexibility index (Phi) is 3.02. The van der Waals surface area contributed by atoms with Crippen molar-refractivity contribution in [2.45, 2.75) is 39.7 Å². The van der Waals surface area contributed by atoms with Crippen LogP contribution in [0.15, 0.2) is 6.07 Å². The highest BCUT2D eigenvalue weighted by atomic mass is 16.3. The topological polar surface area (TPSA) is 36.4 Å². The van der Waals surface area contributed by atoms with Gasteiger partial charge in [-0.05, 0) is 50.2 Å². The molecule has 2 fully saturated rings. The predicted octanol–water partition coefficient (Wildman–Crippen LogP) is 2.43. The molecule has 2 atom stereocenters. The Morgan fingerprint density at radius 2 is 1.94 bits per heavy atom. The normalized spacial score (nSPS) is 26.7. The van der Waals surface area contributed by atoms with E-state index in [1.54, 1.807) is 0 Å². The molecule has 1 saturated heterocycles. The lowest BCUT2D eigenvalue weighted by Gasteiger charge is -2.22. The van der Waals surface area contributed by atoms with Gasteiger partial charge in [-0.1, -0.05) is 6.42 Å². The van der Waals surface area contributed by atoms with Crippen LogP contribution in [-0.4, -0.2) is 23.2 Å². The van der Waals surface area contributed by atoms with Gasteiger partial charge in [0.05, 0.1) is 6.61 Å². The number of aliphatic hydroxyl groups is 1. The molecule has 1 aliphatic heterocycles. The first-order valence-corrected chi connectivity index (χ1v) is 7.02. The summed E-state index contributed by atoms with van der Waals surface area (Å²) in [5.41, 5.74) is 3.23. The van der Waals surface area contributed by atoms with Crippen molar-refractivity contribution < 1.29 is 5.11 Å². The molecule has 0 amide bonds. The van der Waals surface area contributed by atoms with Crippen LogP contribution in [0.4, 0.5) is 5.82 Å². The van der Waals surface area contributed by atoms with E-state index in [4.69, 9.17) is 0 Å².